The third kappa shape index (κ3) is 7.07. The Hall–Kier alpha value is -1.30. The number of benzene rings is 1. The summed E-state index contributed by atoms with van der Waals surface area (Å²) in [6, 6.07) is 9.70. The molecule has 0 radical (unpaired) electrons. The van der Waals surface area contributed by atoms with E-state index in [1.54, 1.807) is 26.0 Å². The quantitative estimate of drug-likeness (QED) is 0.339. The molecule has 0 aliphatic heterocycles. The molecule has 0 amide bonds. The number of ether oxygens (including phenoxy) is 3. The largest absolute Gasteiger partial charge is 0.460 e. The van der Waals surface area contributed by atoms with Crippen molar-refractivity contribution in [1.82, 2.24) is 0 Å². The Morgan fingerprint density at radius 1 is 1.25 bits per heavy atom. The highest BCUT2D eigenvalue weighted by atomic mass is 32.2. The number of thioether (sulfide) groups is 1. The summed E-state index contributed by atoms with van der Waals surface area (Å²) in [5.41, 5.74) is 0.983. The maximum absolute atomic E-state index is 12.6. The zero-order valence-electron chi connectivity index (χ0n) is 15.0. The van der Waals surface area contributed by atoms with Crippen molar-refractivity contribution in [3.8, 4) is 0 Å². The fraction of sp³-hybridized carbons (Fsp3) is 0.526. The summed E-state index contributed by atoms with van der Waals surface area (Å²) in [4.78, 5) is 12.6. The van der Waals surface area contributed by atoms with E-state index in [4.69, 9.17) is 14.2 Å². The van der Waals surface area contributed by atoms with Crippen LogP contribution in [0, 0.1) is 0 Å². The molecule has 4 nitrogen and oxygen atoms in total. The number of allylic oxidation sites excluding steroid dienone is 1. The van der Waals surface area contributed by atoms with Gasteiger partial charge in [-0.15, -0.1) is 11.8 Å². The summed E-state index contributed by atoms with van der Waals surface area (Å²) in [6.45, 7) is 4.23. The van der Waals surface area contributed by atoms with Gasteiger partial charge in [-0.3, -0.25) is 4.79 Å². The van der Waals surface area contributed by atoms with Crippen LogP contribution in [0.3, 0.4) is 0 Å². The molecule has 24 heavy (non-hydrogen) atoms. The predicted octanol–water partition coefficient (Wildman–Crippen LogP) is 4.20. The highest BCUT2D eigenvalue weighted by molar-refractivity contribution is 8.01. The lowest BCUT2D eigenvalue weighted by atomic mass is 10.1. The van der Waals surface area contributed by atoms with E-state index in [-0.39, 0.29) is 18.9 Å². The van der Waals surface area contributed by atoms with Crippen LogP contribution < -0.4 is 0 Å². The lowest BCUT2D eigenvalue weighted by Gasteiger charge is -2.24. The first-order valence-electron chi connectivity index (χ1n) is 8.14. The molecule has 0 aliphatic carbocycles. The average molecular weight is 352 g/mol. The van der Waals surface area contributed by atoms with Gasteiger partial charge in [0.1, 0.15) is 11.4 Å². The lowest BCUT2D eigenvalue weighted by molar-refractivity contribution is -0.146. The third-order valence-electron chi connectivity index (χ3n) is 3.57. The Labute approximate surface area is 149 Å². The maximum atomic E-state index is 12.6. The van der Waals surface area contributed by atoms with Crippen LogP contribution >= 0.6 is 11.8 Å². The van der Waals surface area contributed by atoms with Crippen molar-refractivity contribution in [1.29, 1.82) is 0 Å². The van der Waals surface area contributed by atoms with Crippen LogP contribution in [0.5, 0.6) is 0 Å². The van der Waals surface area contributed by atoms with Crippen molar-refractivity contribution >= 4 is 17.7 Å². The van der Waals surface area contributed by atoms with Gasteiger partial charge >= 0.3 is 5.97 Å². The number of carbonyl (C=O) groups excluding carboxylic acids is 1. The van der Waals surface area contributed by atoms with Crippen molar-refractivity contribution in [3.05, 3.63) is 48.0 Å². The van der Waals surface area contributed by atoms with Crippen LogP contribution in [-0.4, -0.2) is 37.0 Å². The molecular formula is C19H28O4S. The molecule has 1 aromatic rings. The van der Waals surface area contributed by atoms with Gasteiger partial charge in [0, 0.05) is 20.6 Å². The van der Waals surface area contributed by atoms with Crippen LogP contribution in [0.2, 0.25) is 0 Å². The lowest BCUT2D eigenvalue weighted by Crippen LogP contribution is -2.32. The van der Waals surface area contributed by atoms with Gasteiger partial charge in [0.15, 0.2) is 6.29 Å². The minimum absolute atomic E-state index is 0.229. The van der Waals surface area contributed by atoms with Crippen LogP contribution in [-0.2, 0) is 25.6 Å². The summed E-state index contributed by atoms with van der Waals surface area (Å²) in [7, 11) is 3.23. The van der Waals surface area contributed by atoms with Gasteiger partial charge in [-0.2, -0.15) is 0 Å². The molecule has 0 fully saturated rings. The molecule has 0 saturated heterocycles. The first-order valence-corrected chi connectivity index (χ1v) is 9.12. The minimum Gasteiger partial charge on any atom is -0.460 e. The normalized spacial score (nSPS) is 14.0. The fourth-order valence-electron chi connectivity index (χ4n) is 2.08. The first-order chi connectivity index (χ1) is 11.6. The molecule has 0 aliphatic rings. The Bertz CT molecular complexity index is 499. The van der Waals surface area contributed by atoms with Crippen LogP contribution in [0.25, 0.3) is 0 Å². The molecule has 5 heteroatoms. The summed E-state index contributed by atoms with van der Waals surface area (Å²) >= 11 is 1.54. The monoisotopic (exact) mass is 352 g/mol. The van der Waals surface area contributed by atoms with Gasteiger partial charge < -0.3 is 14.2 Å². The topological polar surface area (TPSA) is 44.8 Å². The molecule has 1 rings (SSSR count). The minimum atomic E-state index is -0.711. The van der Waals surface area contributed by atoms with Crippen molar-refractivity contribution in [2.75, 3.05) is 20.0 Å². The molecule has 0 heterocycles. The number of methoxy groups -OCH3 is 2. The average Bonchev–Trinajstić information content (AvgIpc) is 2.62. The molecule has 0 spiro atoms. The molecule has 0 aromatic heterocycles. The van der Waals surface area contributed by atoms with Crippen LogP contribution in [0.1, 0.15) is 32.3 Å². The molecule has 0 saturated carbocycles. The van der Waals surface area contributed by atoms with Crippen molar-refractivity contribution < 1.29 is 19.0 Å². The van der Waals surface area contributed by atoms with Gasteiger partial charge in [-0.05, 0) is 24.7 Å². The molecular weight excluding hydrogens is 324 g/mol. The van der Waals surface area contributed by atoms with E-state index < -0.39 is 4.75 Å². The zero-order chi connectivity index (χ0) is 17.8. The standard InChI is InChI=1S/C19H28O4S/c1-5-6-13-19(2,24-14-12-17(21-3)22-4)18(20)23-15-16-10-8-7-9-11-16/h6-11,13,17H,5,12,14-15H2,1-4H3/b13-6+/t19-/m0/s1. The van der Waals surface area contributed by atoms with E-state index in [1.165, 1.54) is 0 Å². The highest BCUT2D eigenvalue weighted by Crippen LogP contribution is 2.30. The maximum Gasteiger partial charge on any atom is 0.326 e. The van der Waals surface area contributed by atoms with Gasteiger partial charge in [-0.1, -0.05) is 49.4 Å². The SMILES string of the molecule is CC/C=C/[C@](C)(SCCC(OC)OC)C(=O)OCc1ccccc1. The van der Waals surface area contributed by atoms with E-state index in [2.05, 4.69) is 0 Å². The summed E-state index contributed by atoms with van der Waals surface area (Å²) in [5, 5.41) is 0. The summed E-state index contributed by atoms with van der Waals surface area (Å²) in [5.74, 6) is 0.504. The first kappa shape index (κ1) is 20.7. The molecule has 1 aromatic carbocycles. The predicted molar refractivity (Wildman–Crippen MR) is 99.0 cm³/mol. The van der Waals surface area contributed by atoms with Gasteiger partial charge in [0.25, 0.3) is 0 Å². The second kappa shape index (κ2) is 11.3. The highest BCUT2D eigenvalue weighted by Gasteiger charge is 2.32. The van der Waals surface area contributed by atoms with Crippen LogP contribution in [0.15, 0.2) is 42.5 Å². The molecule has 0 bridgehead atoms. The van der Waals surface area contributed by atoms with Crippen molar-refractivity contribution in [3.63, 3.8) is 0 Å². The molecule has 0 N–H and O–H groups in total. The Balaban J connectivity index is 2.63. The zero-order valence-corrected chi connectivity index (χ0v) is 15.8. The van der Waals surface area contributed by atoms with E-state index in [9.17, 15) is 4.79 Å². The fourth-order valence-corrected chi connectivity index (χ4v) is 3.19. The molecule has 134 valence electrons. The van der Waals surface area contributed by atoms with E-state index in [0.717, 1.165) is 17.7 Å². The second-order valence-electron chi connectivity index (χ2n) is 5.52. The smallest absolute Gasteiger partial charge is 0.326 e. The Morgan fingerprint density at radius 3 is 2.50 bits per heavy atom. The second-order valence-corrected chi connectivity index (χ2v) is 7.06. The van der Waals surface area contributed by atoms with Gasteiger partial charge in [0.2, 0.25) is 0 Å². The number of carbonyl (C=O) groups is 1. The van der Waals surface area contributed by atoms with Gasteiger partial charge in [0.05, 0.1) is 0 Å². The van der Waals surface area contributed by atoms with Crippen molar-refractivity contribution in [2.24, 2.45) is 0 Å². The van der Waals surface area contributed by atoms with Gasteiger partial charge in [-0.25, -0.2) is 0 Å². The molecule has 1 atom stereocenters. The van der Waals surface area contributed by atoms with Crippen LogP contribution in [0.4, 0.5) is 0 Å². The summed E-state index contributed by atoms with van der Waals surface area (Å²) in [6.07, 6.45) is 5.26. The Kier molecular flexibility index (Phi) is 9.76. The number of hydrogen-bond donors (Lipinski definition) is 0. The number of hydrogen-bond acceptors (Lipinski definition) is 5. The van der Waals surface area contributed by atoms with Crippen molar-refractivity contribution in [2.45, 2.75) is 44.3 Å². The van der Waals surface area contributed by atoms with E-state index >= 15 is 0 Å². The van der Waals surface area contributed by atoms with E-state index in [1.807, 2.05) is 56.3 Å². The Morgan fingerprint density at radius 2 is 1.92 bits per heavy atom. The number of esters is 1. The van der Waals surface area contributed by atoms with E-state index in [0.29, 0.717) is 6.42 Å². The summed E-state index contributed by atoms with van der Waals surface area (Å²) < 4.78 is 15.2. The molecule has 0 unspecified atom stereocenters. The third-order valence-corrected chi connectivity index (χ3v) is 4.91. The number of rotatable bonds is 11.